The van der Waals surface area contributed by atoms with Crippen LogP contribution < -0.4 is 15.6 Å². The number of carbonyl (C=O) groups excluding carboxylic acids is 1. The van der Waals surface area contributed by atoms with Gasteiger partial charge in [0.15, 0.2) is 0 Å². The highest BCUT2D eigenvalue weighted by Gasteiger charge is 2.12. The molecule has 1 amide bonds. The van der Waals surface area contributed by atoms with Crippen LogP contribution in [-0.2, 0) is 0 Å². The van der Waals surface area contributed by atoms with Crippen molar-refractivity contribution in [2.24, 2.45) is 0 Å². The van der Waals surface area contributed by atoms with E-state index < -0.39 is 0 Å². The lowest BCUT2D eigenvalue weighted by atomic mass is 10.2. The number of benzene rings is 3. The minimum Gasteiger partial charge on any atom is -0.457 e. The van der Waals surface area contributed by atoms with Gasteiger partial charge in [0.1, 0.15) is 11.5 Å². The summed E-state index contributed by atoms with van der Waals surface area (Å²) in [5, 5.41) is 0. The first-order chi connectivity index (χ1) is 11.3. The smallest absolute Gasteiger partial charge is 0.273 e. The number of anilines is 1. The van der Waals surface area contributed by atoms with E-state index in [1.807, 2.05) is 66.7 Å². The van der Waals surface area contributed by atoms with Crippen molar-refractivity contribution in [3.05, 3.63) is 90.5 Å². The zero-order chi connectivity index (χ0) is 15.9. The number of para-hydroxylation sites is 3. The Bertz CT molecular complexity index is 774. The predicted octanol–water partition coefficient (Wildman–Crippen LogP) is 4.24. The molecular weight excluding hydrogens is 288 g/mol. The Labute approximate surface area is 134 Å². The number of hydrogen-bond acceptors (Lipinski definition) is 3. The van der Waals surface area contributed by atoms with Crippen LogP contribution in [0.2, 0.25) is 0 Å². The number of hydrazine groups is 1. The molecule has 4 heteroatoms. The van der Waals surface area contributed by atoms with E-state index in [1.165, 1.54) is 0 Å². The minimum absolute atomic E-state index is 0.264. The van der Waals surface area contributed by atoms with Crippen molar-refractivity contribution in [3.63, 3.8) is 0 Å². The Morgan fingerprint density at radius 2 is 1.35 bits per heavy atom. The van der Waals surface area contributed by atoms with Gasteiger partial charge in [-0.05, 0) is 36.4 Å². The van der Waals surface area contributed by atoms with Gasteiger partial charge in [-0.3, -0.25) is 15.6 Å². The van der Waals surface area contributed by atoms with Crippen LogP contribution in [0, 0.1) is 0 Å². The van der Waals surface area contributed by atoms with E-state index in [0.717, 1.165) is 5.69 Å². The average Bonchev–Trinajstić information content (AvgIpc) is 2.62. The topological polar surface area (TPSA) is 50.4 Å². The van der Waals surface area contributed by atoms with Crippen LogP contribution in [0.15, 0.2) is 84.9 Å². The maximum absolute atomic E-state index is 12.4. The number of nitrogens with one attached hydrogen (secondary N) is 2. The van der Waals surface area contributed by atoms with Gasteiger partial charge in [0.2, 0.25) is 0 Å². The van der Waals surface area contributed by atoms with Crippen molar-refractivity contribution in [2.75, 3.05) is 5.43 Å². The Kier molecular flexibility index (Phi) is 4.55. The van der Waals surface area contributed by atoms with Crippen LogP contribution in [0.5, 0.6) is 11.5 Å². The summed E-state index contributed by atoms with van der Waals surface area (Å²) in [7, 11) is 0. The molecule has 0 radical (unpaired) electrons. The molecule has 0 aliphatic carbocycles. The summed E-state index contributed by atoms with van der Waals surface area (Å²) in [4.78, 5) is 12.4. The number of amides is 1. The molecule has 0 atom stereocenters. The van der Waals surface area contributed by atoms with Gasteiger partial charge in [0.25, 0.3) is 5.91 Å². The van der Waals surface area contributed by atoms with E-state index in [-0.39, 0.29) is 5.91 Å². The first-order valence-electron chi connectivity index (χ1n) is 7.26. The molecule has 3 aromatic rings. The molecule has 0 bridgehead atoms. The Balaban J connectivity index is 1.73. The van der Waals surface area contributed by atoms with E-state index in [2.05, 4.69) is 10.9 Å². The summed E-state index contributed by atoms with van der Waals surface area (Å²) in [6.45, 7) is 0. The van der Waals surface area contributed by atoms with Crippen molar-refractivity contribution in [2.45, 2.75) is 0 Å². The fourth-order valence-electron chi connectivity index (χ4n) is 2.08. The average molecular weight is 304 g/mol. The Morgan fingerprint density at radius 1 is 0.739 bits per heavy atom. The number of rotatable bonds is 5. The Morgan fingerprint density at radius 3 is 2.09 bits per heavy atom. The minimum atomic E-state index is -0.264. The molecule has 3 aromatic carbocycles. The summed E-state index contributed by atoms with van der Waals surface area (Å²) in [6.07, 6.45) is 0. The first-order valence-corrected chi connectivity index (χ1v) is 7.26. The second kappa shape index (κ2) is 7.13. The van der Waals surface area contributed by atoms with Crippen LogP contribution >= 0.6 is 0 Å². The van der Waals surface area contributed by atoms with Gasteiger partial charge in [-0.1, -0.05) is 48.5 Å². The van der Waals surface area contributed by atoms with Gasteiger partial charge in [0.05, 0.1) is 11.3 Å². The van der Waals surface area contributed by atoms with Crippen LogP contribution in [0.4, 0.5) is 5.69 Å². The van der Waals surface area contributed by atoms with E-state index in [9.17, 15) is 4.79 Å². The zero-order valence-electron chi connectivity index (χ0n) is 12.4. The normalized spacial score (nSPS) is 9.91. The van der Waals surface area contributed by atoms with Gasteiger partial charge in [-0.25, -0.2) is 0 Å². The third kappa shape index (κ3) is 3.89. The molecule has 0 aliphatic rings. The van der Waals surface area contributed by atoms with Crippen molar-refractivity contribution in [1.82, 2.24) is 5.43 Å². The van der Waals surface area contributed by atoms with Crippen molar-refractivity contribution < 1.29 is 9.53 Å². The largest absolute Gasteiger partial charge is 0.457 e. The quantitative estimate of drug-likeness (QED) is 0.693. The number of carbonyl (C=O) groups is 1. The van der Waals surface area contributed by atoms with Gasteiger partial charge in [-0.2, -0.15) is 0 Å². The molecule has 114 valence electrons. The fourth-order valence-corrected chi connectivity index (χ4v) is 2.08. The molecule has 23 heavy (non-hydrogen) atoms. The summed E-state index contributed by atoms with van der Waals surface area (Å²) in [5.74, 6) is 0.926. The van der Waals surface area contributed by atoms with Crippen LogP contribution in [-0.4, -0.2) is 5.91 Å². The summed E-state index contributed by atoms with van der Waals surface area (Å²) >= 11 is 0. The molecule has 0 spiro atoms. The predicted molar refractivity (Wildman–Crippen MR) is 90.5 cm³/mol. The van der Waals surface area contributed by atoms with Gasteiger partial charge in [-0.15, -0.1) is 0 Å². The van der Waals surface area contributed by atoms with Crippen molar-refractivity contribution >= 4 is 11.6 Å². The molecule has 0 heterocycles. The Hall–Kier alpha value is -3.27. The van der Waals surface area contributed by atoms with Crippen molar-refractivity contribution in [1.29, 1.82) is 0 Å². The summed E-state index contributed by atoms with van der Waals surface area (Å²) in [5.41, 5.74) is 6.82. The molecular formula is C19H16N2O2. The zero-order valence-corrected chi connectivity index (χ0v) is 12.4. The molecule has 2 N–H and O–H groups in total. The lowest BCUT2D eigenvalue weighted by molar-refractivity contribution is 0.0960. The van der Waals surface area contributed by atoms with Gasteiger partial charge < -0.3 is 4.74 Å². The molecule has 0 saturated carbocycles. The van der Waals surface area contributed by atoms with Gasteiger partial charge >= 0.3 is 0 Å². The number of hydrogen-bond donors (Lipinski definition) is 2. The molecule has 0 saturated heterocycles. The second-order valence-electron chi connectivity index (χ2n) is 4.86. The molecule has 4 nitrogen and oxygen atoms in total. The third-order valence-electron chi connectivity index (χ3n) is 3.20. The van der Waals surface area contributed by atoms with Crippen LogP contribution in [0.25, 0.3) is 0 Å². The lowest BCUT2D eigenvalue weighted by Crippen LogP contribution is -2.29. The maximum Gasteiger partial charge on any atom is 0.273 e. The highest BCUT2D eigenvalue weighted by atomic mass is 16.5. The fraction of sp³-hybridized carbons (Fsp3) is 0. The van der Waals surface area contributed by atoms with Crippen molar-refractivity contribution in [3.8, 4) is 11.5 Å². The van der Waals surface area contributed by atoms with Crippen LogP contribution in [0.3, 0.4) is 0 Å². The second-order valence-corrected chi connectivity index (χ2v) is 4.86. The van der Waals surface area contributed by atoms with Gasteiger partial charge in [0, 0.05) is 0 Å². The standard InChI is InChI=1S/C19H16N2O2/c22-19(21-20-15-9-3-1-4-10-15)17-13-7-8-14-18(17)23-16-11-5-2-6-12-16/h1-14,20H,(H,21,22). The van der Waals surface area contributed by atoms with E-state index in [0.29, 0.717) is 17.1 Å². The highest BCUT2D eigenvalue weighted by Crippen LogP contribution is 2.24. The maximum atomic E-state index is 12.4. The van der Waals surface area contributed by atoms with E-state index in [1.54, 1.807) is 18.2 Å². The first kappa shape index (κ1) is 14.7. The molecule has 0 aromatic heterocycles. The third-order valence-corrected chi connectivity index (χ3v) is 3.20. The molecule has 3 rings (SSSR count). The van der Waals surface area contributed by atoms with E-state index >= 15 is 0 Å². The monoisotopic (exact) mass is 304 g/mol. The lowest BCUT2D eigenvalue weighted by Gasteiger charge is -2.12. The highest BCUT2D eigenvalue weighted by molar-refractivity contribution is 5.97. The summed E-state index contributed by atoms with van der Waals surface area (Å²) < 4.78 is 5.79. The summed E-state index contributed by atoms with van der Waals surface area (Å²) in [6, 6.07) is 25.9. The molecule has 0 aliphatic heterocycles. The van der Waals surface area contributed by atoms with E-state index in [4.69, 9.17) is 4.74 Å². The number of ether oxygens (including phenoxy) is 1. The molecule has 0 unspecified atom stereocenters. The van der Waals surface area contributed by atoms with Crippen LogP contribution in [0.1, 0.15) is 10.4 Å². The molecule has 0 fully saturated rings. The SMILES string of the molecule is O=C(NNc1ccccc1)c1ccccc1Oc1ccccc1.